The molecule has 0 saturated carbocycles. The van der Waals surface area contributed by atoms with Crippen molar-refractivity contribution in [3.63, 3.8) is 0 Å². The van der Waals surface area contributed by atoms with Crippen LogP contribution < -0.4 is 4.74 Å². The van der Waals surface area contributed by atoms with E-state index in [4.69, 9.17) is 4.74 Å². The summed E-state index contributed by atoms with van der Waals surface area (Å²) in [6.45, 7) is 3.52. The van der Waals surface area contributed by atoms with Gasteiger partial charge in [0.15, 0.2) is 0 Å². The van der Waals surface area contributed by atoms with Crippen molar-refractivity contribution in [1.82, 2.24) is 20.2 Å². The Morgan fingerprint density at radius 1 is 1.39 bits per heavy atom. The van der Waals surface area contributed by atoms with Gasteiger partial charge in [-0.2, -0.15) is 4.80 Å². The molecule has 0 fully saturated rings. The monoisotopic (exact) mass is 248 g/mol. The highest BCUT2D eigenvalue weighted by atomic mass is 19.1. The third kappa shape index (κ3) is 2.57. The summed E-state index contributed by atoms with van der Waals surface area (Å²) in [6, 6.07) is 5.05. The second-order valence-corrected chi connectivity index (χ2v) is 3.42. The number of aryl methyl sites for hydroxylation is 1. The maximum atomic E-state index is 12.7. The number of halogens is 1. The molecule has 18 heavy (non-hydrogen) atoms. The summed E-state index contributed by atoms with van der Waals surface area (Å²) in [6.07, 6.45) is 0. The minimum atomic E-state index is -0.713. The zero-order chi connectivity index (χ0) is 13.1. The Morgan fingerprint density at radius 2 is 2.06 bits per heavy atom. The number of benzene rings is 1. The molecule has 0 aliphatic rings. The molecule has 0 bridgehead atoms. The van der Waals surface area contributed by atoms with Crippen LogP contribution in [-0.4, -0.2) is 26.2 Å². The summed E-state index contributed by atoms with van der Waals surface area (Å²) in [5, 5.41) is 11.0. The largest absolute Gasteiger partial charge is 0.423 e. The van der Waals surface area contributed by atoms with Crippen LogP contribution in [0.15, 0.2) is 30.8 Å². The second kappa shape index (κ2) is 4.74. The molecule has 0 unspecified atom stereocenters. The summed E-state index contributed by atoms with van der Waals surface area (Å²) in [5.41, 5.74) is -0.0209. The molecule has 1 aromatic carbocycles. The van der Waals surface area contributed by atoms with E-state index in [0.29, 0.717) is 0 Å². The van der Waals surface area contributed by atoms with Gasteiger partial charge in [-0.3, -0.25) is 0 Å². The lowest BCUT2D eigenvalue weighted by Gasteiger charge is -2.03. The van der Waals surface area contributed by atoms with Crippen LogP contribution in [0.5, 0.6) is 5.75 Å². The number of hydrogen-bond acceptors (Lipinski definition) is 5. The number of ether oxygens (including phenoxy) is 1. The minimum absolute atomic E-state index is 0.0209. The average molecular weight is 248 g/mol. The van der Waals surface area contributed by atoms with Gasteiger partial charge in [-0.25, -0.2) is 9.18 Å². The first-order valence-electron chi connectivity index (χ1n) is 4.97. The fraction of sp³-hybridized carbons (Fsp3) is 0.0909. The molecule has 2 rings (SSSR count). The normalized spacial score (nSPS) is 10.1. The van der Waals surface area contributed by atoms with Gasteiger partial charge in [0.1, 0.15) is 17.1 Å². The van der Waals surface area contributed by atoms with Crippen molar-refractivity contribution in [1.29, 1.82) is 0 Å². The fourth-order valence-corrected chi connectivity index (χ4v) is 1.17. The van der Waals surface area contributed by atoms with Crippen molar-refractivity contribution in [2.45, 2.75) is 0 Å². The summed E-state index contributed by atoms with van der Waals surface area (Å²) in [4.78, 5) is 12.9. The Bertz CT molecular complexity index is 591. The van der Waals surface area contributed by atoms with E-state index in [0.717, 1.165) is 0 Å². The minimum Gasteiger partial charge on any atom is -0.423 e. The van der Waals surface area contributed by atoms with E-state index < -0.39 is 11.8 Å². The molecule has 0 amide bonds. The lowest BCUT2D eigenvalue weighted by molar-refractivity contribution is -0.127. The zero-order valence-corrected chi connectivity index (χ0v) is 9.50. The van der Waals surface area contributed by atoms with Gasteiger partial charge in [0.2, 0.25) is 5.82 Å². The Kier molecular flexibility index (Phi) is 3.13. The summed E-state index contributed by atoms with van der Waals surface area (Å²) < 4.78 is 17.6. The molecule has 0 N–H and O–H groups in total. The number of carbonyl (C=O) groups excluding carboxylic acids is 1. The van der Waals surface area contributed by atoms with Crippen LogP contribution in [0.25, 0.3) is 5.57 Å². The summed E-state index contributed by atoms with van der Waals surface area (Å²) >= 11 is 0. The highest BCUT2D eigenvalue weighted by Crippen LogP contribution is 2.15. The molecule has 0 saturated heterocycles. The number of rotatable bonds is 3. The SMILES string of the molecule is C=C(C(=O)Oc1ccc(F)cc1)c1nnn(C)n1. The number of nitrogens with zero attached hydrogens (tertiary/aromatic N) is 4. The first kappa shape index (κ1) is 11.9. The fourth-order valence-electron chi connectivity index (χ4n) is 1.17. The lowest BCUT2D eigenvalue weighted by Crippen LogP contribution is -2.11. The van der Waals surface area contributed by atoms with Gasteiger partial charge in [0.25, 0.3) is 0 Å². The Hall–Kier alpha value is -2.57. The number of carbonyl (C=O) groups is 1. The Labute approximate surface area is 102 Å². The maximum absolute atomic E-state index is 12.7. The van der Waals surface area contributed by atoms with Gasteiger partial charge in [0.05, 0.1) is 7.05 Å². The molecule has 1 heterocycles. The molecule has 7 heteroatoms. The summed E-state index contributed by atoms with van der Waals surface area (Å²) in [7, 11) is 1.56. The van der Waals surface area contributed by atoms with Gasteiger partial charge in [-0.05, 0) is 29.5 Å². The van der Waals surface area contributed by atoms with E-state index in [9.17, 15) is 9.18 Å². The van der Waals surface area contributed by atoms with E-state index in [1.165, 1.54) is 29.1 Å². The van der Waals surface area contributed by atoms with Crippen molar-refractivity contribution >= 4 is 11.5 Å². The van der Waals surface area contributed by atoms with Crippen molar-refractivity contribution in [2.24, 2.45) is 7.05 Å². The van der Waals surface area contributed by atoms with E-state index >= 15 is 0 Å². The molecule has 0 spiro atoms. The predicted octanol–water partition coefficient (Wildman–Crippen LogP) is 0.968. The quantitative estimate of drug-likeness (QED) is 0.460. The standard InChI is InChI=1S/C11H9FN4O2/c1-7(10-13-15-16(2)14-10)11(17)18-9-5-3-8(12)4-6-9/h3-6H,1H2,2H3. The topological polar surface area (TPSA) is 69.9 Å². The number of tetrazole rings is 1. The first-order valence-corrected chi connectivity index (χ1v) is 4.97. The van der Waals surface area contributed by atoms with Crippen molar-refractivity contribution < 1.29 is 13.9 Å². The Morgan fingerprint density at radius 3 is 2.61 bits per heavy atom. The smallest absolute Gasteiger partial charge is 0.346 e. The average Bonchev–Trinajstić information content (AvgIpc) is 2.78. The second-order valence-electron chi connectivity index (χ2n) is 3.42. The van der Waals surface area contributed by atoms with Crippen LogP contribution in [0, 0.1) is 5.82 Å². The van der Waals surface area contributed by atoms with Crippen molar-refractivity contribution in [3.8, 4) is 5.75 Å². The van der Waals surface area contributed by atoms with Gasteiger partial charge in [-0.15, -0.1) is 10.2 Å². The number of aromatic nitrogens is 4. The molecule has 92 valence electrons. The van der Waals surface area contributed by atoms with Gasteiger partial charge in [0, 0.05) is 0 Å². The van der Waals surface area contributed by atoms with E-state index in [1.807, 2.05) is 0 Å². The van der Waals surface area contributed by atoms with Crippen LogP contribution in [0.1, 0.15) is 5.82 Å². The highest BCUT2D eigenvalue weighted by molar-refractivity contribution is 6.15. The van der Waals surface area contributed by atoms with Crippen LogP contribution in [0.2, 0.25) is 0 Å². The molecule has 2 aromatic rings. The highest BCUT2D eigenvalue weighted by Gasteiger charge is 2.16. The van der Waals surface area contributed by atoms with Crippen LogP contribution in [0.4, 0.5) is 4.39 Å². The van der Waals surface area contributed by atoms with Crippen LogP contribution in [-0.2, 0) is 11.8 Å². The lowest BCUT2D eigenvalue weighted by atomic mass is 10.3. The van der Waals surface area contributed by atoms with Crippen LogP contribution in [0.3, 0.4) is 0 Å². The third-order valence-corrected chi connectivity index (χ3v) is 2.05. The molecular formula is C11H9FN4O2. The van der Waals surface area contributed by atoms with Crippen molar-refractivity contribution in [2.75, 3.05) is 0 Å². The Balaban J connectivity index is 2.08. The summed E-state index contributed by atoms with van der Waals surface area (Å²) in [5.74, 6) is -0.824. The molecule has 1 aromatic heterocycles. The van der Waals surface area contributed by atoms with Gasteiger partial charge in [-0.1, -0.05) is 6.58 Å². The number of esters is 1. The first-order chi connectivity index (χ1) is 8.56. The number of hydrogen-bond donors (Lipinski definition) is 0. The molecule has 0 atom stereocenters. The third-order valence-electron chi connectivity index (χ3n) is 2.05. The molecule has 0 radical (unpaired) electrons. The molecule has 0 aliphatic heterocycles. The predicted molar refractivity (Wildman–Crippen MR) is 59.9 cm³/mol. The molecule has 6 nitrogen and oxygen atoms in total. The van der Waals surface area contributed by atoms with E-state index in [-0.39, 0.29) is 17.1 Å². The van der Waals surface area contributed by atoms with E-state index in [1.54, 1.807) is 7.05 Å². The van der Waals surface area contributed by atoms with Gasteiger partial charge >= 0.3 is 5.97 Å². The molecular weight excluding hydrogens is 239 g/mol. The zero-order valence-electron chi connectivity index (χ0n) is 9.50. The molecule has 0 aliphatic carbocycles. The van der Waals surface area contributed by atoms with Crippen LogP contribution >= 0.6 is 0 Å². The van der Waals surface area contributed by atoms with Gasteiger partial charge < -0.3 is 4.74 Å². The maximum Gasteiger partial charge on any atom is 0.346 e. The van der Waals surface area contributed by atoms with E-state index in [2.05, 4.69) is 22.0 Å². The van der Waals surface area contributed by atoms with Crippen molar-refractivity contribution in [3.05, 3.63) is 42.5 Å².